The normalized spacial score (nSPS) is 12.4. The van der Waals surface area contributed by atoms with E-state index < -0.39 is 0 Å². The molecule has 0 bridgehead atoms. The number of nitrogens with one attached hydrogen (secondary N) is 1. The van der Waals surface area contributed by atoms with E-state index in [0.29, 0.717) is 5.02 Å². The Morgan fingerprint density at radius 1 is 1.00 bits per heavy atom. The van der Waals surface area contributed by atoms with Crippen molar-refractivity contribution in [2.24, 2.45) is 5.84 Å². The fraction of sp³-hybridized carbons (Fsp3) is 0.0833. The van der Waals surface area contributed by atoms with Crippen LogP contribution in [0.15, 0.2) is 48.8 Å². The molecule has 0 saturated heterocycles. The Hall–Kier alpha value is -1.42. The van der Waals surface area contributed by atoms with Gasteiger partial charge in [-0.05, 0) is 35.4 Å². The molecule has 16 heavy (non-hydrogen) atoms. The zero-order chi connectivity index (χ0) is 11.4. The maximum atomic E-state index is 5.84. The van der Waals surface area contributed by atoms with Gasteiger partial charge in [0.25, 0.3) is 0 Å². The molecule has 0 saturated carbocycles. The summed E-state index contributed by atoms with van der Waals surface area (Å²) in [5, 5.41) is 0.717. The van der Waals surface area contributed by atoms with Crippen molar-refractivity contribution < 1.29 is 0 Å². The van der Waals surface area contributed by atoms with Crippen molar-refractivity contribution in [2.75, 3.05) is 0 Å². The van der Waals surface area contributed by atoms with E-state index in [1.54, 1.807) is 12.4 Å². The Balaban J connectivity index is 2.33. The second kappa shape index (κ2) is 5.07. The molecule has 2 rings (SSSR count). The molecule has 0 aliphatic heterocycles. The van der Waals surface area contributed by atoms with E-state index in [9.17, 15) is 0 Å². The van der Waals surface area contributed by atoms with Gasteiger partial charge in [-0.3, -0.25) is 10.8 Å². The lowest BCUT2D eigenvalue weighted by Crippen LogP contribution is -2.28. The highest BCUT2D eigenvalue weighted by Crippen LogP contribution is 2.21. The van der Waals surface area contributed by atoms with Gasteiger partial charge in [0.05, 0.1) is 6.04 Å². The number of nitrogens with two attached hydrogens (primary N) is 1. The summed E-state index contributed by atoms with van der Waals surface area (Å²) in [7, 11) is 0. The number of nitrogens with zero attached hydrogens (tertiary/aromatic N) is 1. The highest BCUT2D eigenvalue weighted by atomic mass is 35.5. The van der Waals surface area contributed by atoms with E-state index in [1.807, 2.05) is 36.4 Å². The highest BCUT2D eigenvalue weighted by molar-refractivity contribution is 6.30. The van der Waals surface area contributed by atoms with Crippen molar-refractivity contribution in [3.8, 4) is 0 Å². The van der Waals surface area contributed by atoms with E-state index in [4.69, 9.17) is 17.4 Å². The zero-order valence-corrected chi connectivity index (χ0v) is 9.35. The Morgan fingerprint density at radius 3 is 2.12 bits per heavy atom. The van der Waals surface area contributed by atoms with E-state index in [2.05, 4.69) is 10.4 Å². The molecule has 82 valence electrons. The molecule has 1 atom stereocenters. The van der Waals surface area contributed by atoms with Crippen LogP contribution in [0.3, 0.4) is 0 Å². The molecule has 3 nitrogen and oxygen atoms in total. The van der Waals surface area contributed by atoms with Crippen LogP contribution in [-0.2, 0) is 0 Å². The van der Waals surface area contributed by atoms with Crippen molar-refractivity contribution in [1.29, 1.82) is 0 Å². The SMILES string of the molecule is NNC(c1ccncc1)c1ccc(Cl)cc1. The smallest absolute Gasteiger partial charge is 0.0711 e. The van der Waals surface area contributed by atoms with Crippen LogP contribution in [0, 0.1) is 0 Å². The Morgan fingerprint density at radius 2 is 1.56 bits per heavy atom. The summed E-state index contributed by atoms with van der Waals surface area (Å²) in [4.78, 5) is 3.98. The van der Waals surface area contributed by atoms with Gasteiger partial charge in [-0.15, -0.1) is 0 Å². The summed E-state index contributed by atoms with van der Waals surface area (Å²) in [6.45, 7) is 0. The van der Waals surface area contributed by atoms with E-state index in [0.717, 1.165) is 11.1 Å². The summed E-state index contributed by atoms with van der Waals surface area (Å²) in [6, 6.07) is 11.4. The maximum Gasteiger partial charge on any atom is 0.0711 e. The van der Waals surface area contributed by atoms with E-state index in [-0.39, 0.29) is 6.04 Å². The van der Waals surface area contributed by atoms with Crippen molar-refractivity contribution in [3.63, 3.8) is 0 Å². The van der Waals surface area contributed by atoms with Gasteiger partial charge in [0.2, 0.25) is 0 Å². The number of aromatic nitrogens is 1. The molecule has 0 amide bonds. The topological polar surface area (TPSA) is 50.9 Å². The van der Waals surface area contributed by atoms with Crippen molar-refractivity contribution in [2.45, 2.75) is 6.04 Å². The summed E-state index contributed by atoms with van der Waals surface area (Å²) in [5.41, 5.74) is 4.92. The first-order chi connectivity index (χ1) is 7.81. The van der Waals surface area contributed by atoms with Crippen LogP contribution in [0.2, 0.25) is 5.02 Å². The molecule has 0 aliphatic rings. The number of hydrogen-bond donors (Lipinski definition) is 2. The van der Waals surface area contributed by atoms with Gasteiger partial charge in [-0.25, -0.2) is 5.43 Å². The van der Waals surface area contributed by atoms with Crippen molar-refractivity contribution >= 4 is 11.6 Å². The van der Waals surface area contributed by atoms with Gasteiger partial charge in [0, 0.05) is 17.4 Å². The number of pyridine rings is 1. The molecule has 0 aliphatic carbocycles. The number of hydrogen-bond acceptors (Lipinski definition) is 3. The zero-order valence-electron chi connectivity index (χ0n) is 8.60. The van der Waals surface area contributed by atoms with Crippen LogP contribution in [0.25, 0.3) is 0 Å². The molecule has 3 N–H and O–H groups in total. The molecule has 1 heterocycles. The van der Waals surface area contributed by atoms with Gasteiger partial charge in [0.15, 0.2) is 0 Å². The third-order valence-electron chi connectivity index (χ3n) is 2.41. The number of rotatable bonds is 3. The van der Waals surface area contributed by atoms with Crippen molar-refractivity contribution in [3.05, 3.63) is 64.9 Å². The van der Waals surface area contributed by atoms with Crippen LogP contribution in [0.5, 0.6) is 0 Å². The Kier molecular flexibility index (Phi) is 3.51. The second-order valence-corrected chi connectivity index (χ2v) is 3.87. The number of benzene rings is 1. The fourth-order valence-electron chi connectivity index (χ4n) is 1.60. The first kappa shape index (κ1) is 11.1. The molecule has 0 radical (unpaired) electrons. The van der Waals surface area contributed by atoms with Crippen LogP contribution in [0.4, 0.5) is 0 Å². The molecule has 1 aromatic carbocycles. The third-order valence-corrected chi connectivity index (χ3v) is 2.66. The lowest BCUT2D eigenvalue weighted by molar-refractivity contribution is 0.636. The average Bonchev–Trinajstić information content (AvgIpc) is 2.34. The molecular formula is C12H12ClN3. The molecule has 2 aromatic rings. The van der Waals surface area contributed by atoms with E-state index in [1.165, 1.54) is 0 Å². The minimum Gasteiger partial charge on any atom is -0.271 e. The van der Waals surface area contributed by atoms with Gasteiger partial charge in [0.1, 0.15) is 0 Å². The Bertz CT molecular complexity index is 442. The molecule has 0 spiro atoms. The largest absolute Gasteiger partial charge is 0.271 e. The third kappa shape index (κ3) is 2.39. The van der Waals surface area contributed by atoms with Crippen LogP contribution < -0.4 is 11.3 Å². The quantitative estimate of drug-likeness (QED) is 0.632. The average molecular weight is 234 g/mol. The molecular weight excluding hydrogens is 222 g/mol. The maximum absolute atomic E-state index is 5.84. The number of halogens is 1. The first-order valence-corrected chi connectivity index (χ1v) is 5.30. The predicted molar refractivity (Wildman–Crippen MR) is 64.9 cm³/mol. The van der Waals surface area contributed by atoms with Crippen LogP contribution >= 0.6 is 11.6 Å². The monoisotopic (exact) mass is 233 g/mol. The first-order valence-electron chi connectivity index (χ1n) is 4.93. The predicted octanol–water partition coefficient (Wildman–Crippen LogP) is 2.29. The highest BCUT2D eigenvalue weighted by Gasteiger charge is 2.11. The van der Waals surface area contributed by atoms with Crippen LogP contribution in [-0.4, -0.2) is 4.98 Å². The van der Waals surface area contributed by atoms with Crippen LogP contribution in [0.1, 0.15) is 17.2 Å². The van der Waals surface area contributed by atoms with Crippen molar-refractivity contribution in [1.82, 2.24) is 10.4 Å². The minimum atomic E-state index is -0.0414. The Labute approximate surface area is 99.2 Å². The van der Waals surface area contributed by atoms with Gasteiger partial charge >= 0.3 is 0 Å². The molecule has 4 heteroatoms. The summed E-state index contributed by atoms with van der Waals surface area (Å²) in [5.74, 6) is 5.57. The lowest BCUT2D eigenvalue weighted by atomic mass is 10.0. The summed E-state index contributed by atoms with van der Waals surface area (Å²) in [6.07, 6.45) is 3.49. The van der Waals surface area contributed by atoms with Gasteiger partial charge in [-0.2, -0.15) is 0 Å². The standard InChI is InChI=1S/C12H12ClN3/c13-11-3-1-9(2-4-11)12(16-14)10-5-7-15-8-6-10/h1-8,12,16H,14H2. The summed E-state index contributed by atoms with van der Waals surface area (Å²) < 4.78 is 0. The number of hydrazine groups is 1. The summed E-state index contributed by atoms with van der Waals surface area (Å²) >= 11 is 5.84. The molecule has 1 unspecified atom stereocenters. The van der Waals surface area contributed by atoms with Gasteiger partial charge in [-0.1, -0.05) is 23.7 Å². The molecule has 1 aromatic heterocycles. The minimum absolute atomic E-state index is 0.0414. The fourth-order valence-corrected chi connectivity index (χ4v) is 1.72. The second-order valence-electron chi connectivity index (χ2n) is 3.43. The van der Waals surface area contributed by atoms with E-state index >= 15 is 0 Å². The lowest BCUT2D eigenvalue weighted by Gasteiger charge is -2.16. The molecule has 0 fully saturated rings. The van der Waals surface area contributed by atoms with Gasteiger partial charge < -0.3 is 0 Å².